The van der Waals surface area contributed by atoms with Gasteiger partial charge in [0.05, 0.1) is 10.2 Å². The van der Waals surface area contributed by atoms with E-state index in [2.05, 4.69) is 39.5 Å². The van der Waals surface area contributed by atoms with Crippen molar-refractivity contribution in [2.45, 2.75) is 25.8 Å². The van der Waals surface area contributed by atoms with Crippen LogP contribution >= 0.6 is 11.3 Å². The fraction of sp³-hybridized carbons (Fsp3) is 0.538. The van der Waals surface area contributed by atoms with Gasteiger partial charge >= 0.3 is 0 Å². The van der Waals surface area contributed by atoms with E-state index in [9.17, 15) is 0 Å². The van der Waals surface area contributed by atoms with Gasteiger partial charge in [0.15, 0.2) is 0 Å². The smallest absolute Gasteiger partial charge is 0.147 e. The standard InChI is InChI=1S/C13H18N4S/c1-9-7-18-12-11(9)14-8-15-13(12)16-10-3-5-17(2)6-4-10/h7-8,10H,3-6H2,1-2H3,(H,14,15,16). The maximum absolute atomic E-state index is 4.41. The predicted octanol–water partition coefficient (Wildman–Crippen LogP) is 2.51. The predicted molar refractivity (Wildman–Crippen MR) is 76.3 cm³/mol. The summed E-state index contributed by atoms with van der Waals surface area (Å²) in [5.41, 5.74) is 2.33. The SMILES string of the molecule is Cc1csc2c(NC3CCN(C)CC3)ncnc12. The first-order chi connectivity index (χ1) is 8.74. The monoisotopic (exact) mass is 262 g/mol. The molecular formula is C13H18N4S. The summed E-state index contributed by atoms with van der Waals surface area (Å²) in [5, 5.41) is 5.74. The summed E-state index contributed by atoms with van der Waals surface area (Å²) < 4.78 is 1.19. The number of hydrogen-bond acceptors (Lipinski definition) is 5. The van der Waals surface area contributed by atoms with Crippen molar-refractivity contribution in [1.29, 1.82) is 0 Å². The Kier molecular flexibility index (Phi) is 3.18. The number of anilines is 1. The summed E-state index contributed by atoms with van der Waals surface area (Å²) in [6.45, 7) is 4.43. The lowest BCUT2D eigenvalue weighted by molar-refractivity contribution is 0.264. The van der Waals surface area contributed by atoms with Crippen molar-refractivity contribution in [2.75, 3.05) is 25.5 Å². The highest BCUT2D eigenvalue weighted by Crippen LogP contribution is 2.29. The van der Waals surface area contributed by atoms with Crippen molar-refractivity contribution in [3.05, 3.63) is 17.3 Å². The Hall–Kier alpha value is -1.20. The molecule has 18 heavy (non-hydrogen) atoms. The van der Waals surface area contributed by atoms with E-state index in [-0.39, 0.29) is 0 Å². The first-order valence-electron chi connectivity index (χ1n) is 6.38. The van der Waals surface area contributed by atoms with Gasteiger partial charge in [-0.1, -0.05) is 0 Å². The zero-order valence-electron chi connectivity index (χ0n) is 10.8. The van der Waals surface area contributed by atoms with Crippen molar-refractivity contribution < 1.29 is 0 Å². The number of nitrogens with zero attached hydrogens (tertiary/aromatic N) is 3. The number of thiophene rings is 1. The topological polar surface area (TPSA) is 41.0 Å². The molecule has 1 saturated heterocycles. The molecule has 5 heteroatoms. The molecule has 3 rings (SSSR count). The van der Waals surface area contributed by atoms with E-state index in [1.807, 2.05) is 0 Å². The van der Waals surface area contributed by atoms with E-state index < -0.39 is 0 Å². The highest BCUT2D eigenvalue weighted by molar-refractivity contribution is 7.18. The molecule has 2 aromatic heterocycles. The van der Waals surface area contributed by atoms with E-state index >= 15 is 0 Å². The van der Waals surface area contributed by atoms with Crippen LogP contribution in [0.15, 0.2) is 11.7 Å². The third kappa shape index (κ3) is 2.20. The molecule has 0 radical (unpaired) electrons. The molecule has 0 bridgehead atoms. The van der Waals surface area contributed by atoms with Crippen LogP contribution in [0.2, 0.25) is 0 Å². The summed E-state index contributed by atoms with van der Waals surface area (Å²) in [4.78, 5) is 11.1. The number of likely N-dealkylation sites (tertiary alicyclic amines) is 1. The number of nitrogens with one attached hydrogen (secondary N) is 1. The molecule has 0 amide bonds. The lowest BCUT2D eigenvalue weighted by Crippen LogP contribution is -2.36. The Morgan fingerprint density at radius 3 is 2.89 bits per heavy atom. The van der Waals surface area contributed by atoms with Gasteiger partial charge in [0.1, 0.15) is 12.1 Å². The molecule has 1 aliphatic heterocycles. The molecule has 0 aromatic carbocycles. The second kappa shape index (κ2) is 4.82. The first-order valence-corrected chi connectivity index (χ1v) is 7.26. The lowest BCUT2D eigenvalue weighted by Gasteiger charge is -2.29. The minimum Gasteiger partial charge on any atom is -0.366 e. The third-order valence-corrected chi connectivity index (χ3v) is 4.68. The van der Waals surface area contributed by atoms with Gasteiger partial charge in [-0.3, -0.25) is 0 Å². The van der Waals surface area contributed by atoms with Crippen LogP contribution in [0.4, 0.5) is 5.82 Å². The van der Waals surface area contributed by atoms with Crippen molar-refractivity contribution >= 4 is 27.4 Å². The Bertz CT molecular complexity index is 543. The van der Waals surface area contributed by atoms with Crippen LogP contribution in [0, 0.1) is 6.92 Å². The van der Waals surface area contributed by atoms with E-state index in [4.69, 9.17) is 0 Å². The third-order valence-electron chi connectivity index (χ3n) is 3.59. The van der Waals surface area contributed by atoms with Gasteiger partial charge in [-0.15, -0.1) is 11.3 Å². The molecule has 1 N–H and O–H groups in total. The zero-order valence-corrected chi connectivity index (χ0v) is 11.6. The Balaban J connectivity index is 1.82. The van der Waals surface area contributed by atoms with Crippen LogP contribution in [-0.2, 0) is 0 Å². The Morgan fingerprint density at radius 1 is 1.33 bits per heavy atom. The van der Waals surface area contributed by atoms with Crippen molar-refractivity contribution in [3.8, 4) is 0 Å². The van der Waals surface area contributed by atoms with E-state index in [1.165, 1.54) is 23.1 Å². The maximum atomic E-state index is 4.41. The summed E-state index contributed by atoms with van der Waals surface area (Å²) in [5.74, 6) is 1.01. The molecule has 0 saturated carbocycles. The largest absolute Gasteiger partial charge is 0.366 e. The molecule has 0 aliphatic carbocycles. The molecule has 3 heterocycles. The normalized spacial score (nSPS) is 18.3. The summed E-state index contributed by atoms with van der Waals surface area (Å²) in [6, 6.07) is 0.543. The molecule has 0 atom stereocenters. The van der Waals surface area contributed by atoms with E-state index in [0.29, 0.717) is 6.04 Å². The van der Waals surface area contributed by atoms with Crippen LogP contribution in [0.25, 0.3) is 10.2 Å². The number of hydrogen-bond donors (Lipinski definition) is 1. The van der Waals surface area contributed by atoms with Crippen molar-refractivity contribution in [2.24, 2.45) is 0 Å². The molecule has 0 unspecified atom stereocenters. The van der Waals surface area contributed by atoms with Gasteiger partial charge in [-0.05, 0) is 50.8 Å². The second-order valence-electron chi connectivity index (χ2n) is 5.04. The zero-order chi connectivity index (χ0) is 12.5. The van der Waals surface area contributed by atoms with Gasteiger partial charge in [-0.2, -0.15) is 0 Å². The average Bonchev–Trinajstić information content (AvgIpc) is 2.76. The Labute approximate surface area is 111 Å². The number of piperidine rings is 1. The molecule has 96 valence electrons. The van der Waals surface area contributed by atoms with Crippen molar-refractivity contribution in [1.82, 2.24) is 14.9 Å². The van der Waals surface area contributed by atoms with E-state index in [0.717, 1.165) is 24.4 Å². The highest BCUT2D eigenvalue weighted by Gasteiger charge is 2.18. The Morgan fingerprint density at radius 2 is 2.11 bits per heavy atom. The van der Waals surface area contributed by atoms with Crippen molar-refractivity contribution in [3.63, 3.8) is 0 Å². The fourth-order valence-corrected chi connectivity index (χ4v) is 3.37. The van der Waals surface area contributed by atoms with Crippen LogP contribution in [0.5, 0.6) is 0 Å². The molecule has 1 fully saturated rings. The van der Waals surface area contributed by atoms with Crippen LogP contribution in [0.1, 0.15) is 18.4 Å². The quantitative estimate of drug-likeness (QED) is 0.903. The van der Waals surface area contributed by atoms with Gasteiger partial charge < -0.3 is 10.2 Å². The molecule has 4 nitrogen and oxygen atoms in total. The number of aromatic nitrogens is 2. The molecule has 2 aromatic rings. The van der Waals surface area contributed by atoms with Gasteiger partial charge in [0.2, 0.25) is 0 Å². The highest BCUT2D eigenvalue weighted by atomic mass is 32.1. The molecular weight excluding hydrogens is 244 g/mol. The van der Waals surface area contributed by atoms with Crippen LogP contribution in [-0.4, -0.2) is 41.0 Å². The molecule has 0 spiro atoms. The fourth-order valence-electron chi connectivity index (χ4n) is 2.42. The minimum absolute atomic E-state index is 0.543. The summed E-state index contributed by atoms with van der Waals surface area (Å²) in [6.07, 6.45) is 4.04. The molecule has 1 aliphatic rings. The second-order valence-corrected chi connectivity index (χ2v) is 5.92. The lowest BCUT2D eigenvalue weighted by atomic mass is 10.1. The summed E-state index contributed by atoms with van der Waals surface area (Å²) >= 11 is 1.73. The van der Waals surface area contributed by atoms with Crippen LogP contribution in [0.3, 0.4) is 0 Å². The minimum atomic E-state index is 0.543. The van der Waals surface area contributed by atoms with Gasteiger partial charge in [-0.25, -0.2) is 9.97 Å². The van der Waals surface area contributed by atoms with E-state index in [1.54, 1.807) is 17.7 Å². The average molecular weight is 262 g/mol. The maximum Gasteiger partial charge on any atom is 0.147 e. The number of fused-ring (bicyclic) bond motifs is 1. The van der Waals surface area contributed by atoms with Crippen LogP contribution < -0.4 is 5.32 Å². The van der Waals surface area contributed by atoms with Gasteiger partial charge in [0, 0.05) is 6.04 Å². The first kappa shape index (κ1) is 11.9. The summed E-state index contributed by atoms with van der Waals surface area (Å²) in [7, 11) is 2.18. The van der Waals surface area contributed by atoms with Gasteiger partial charge in [0.25, 0.3) is 0 Å². The number of aryl methyl sites for hydroxylation is 1. The number of rotatable bonds is 2.